The van der Waals surface area contributed by atoms with E-state index in [1.165, 1.54) is 23.1 Å². The third-order valence-electron chi connectivity index (χ3n) is 2.20. The summed E-state index contributed by atoms with van der Waals surface area (Å²) in [4.78, 5) is 17.6. The van der Waals surface area contributed by atoms with E-state index in [9.17, 15) is 4.79 Å². The number of amides is 1. The summed E-state index contributed by atoms with van der Waals surface area (Å²) < 4.78 is 6.18. The summed E-state index contributed by atoms with van der Waals surface area (Å²) in [5.74, 6) is 0.599. The zero-order chi connectivity index (χ0) is 11.4. The Labute approximate surface area is 102 Å². The van der Waals surface area contributed by atoms with Crippen molar-refractivity contribution >= 4 is 34.1 Å². The molecule has 88 valence electrons. The molecule has 1 aromatic rings. The van der Waals surface area contributed by atoms with Crippen LogP contribution in [0.2, 0.25) is 0 Å². The number of ether oxygens (including phenoxy) is 1. The number of nitrogens with zero attached hydrogens (tertiary/aromatic N) is 2. The van der Waals surface area contributed by atoms with Gasteiger partial charge < -0.3 is 15.4 Å². The van der Waals surface area contributed by atoms with E-state index in [-0.39, 0.29) is 5.91 Å². The fourth-order valence-electron chi connectivity index (χ4n) is 1.38. The summed E-state index contributed by atoms with van der Waals surface area (Å²) in [6.45, 7) is 2.68. The van der Waals surface area contributed by atoms with Crippen LogP contribution >= 0.6 is 23.1 Å². The van der Waals surface area contributed by atoms with Crippen molar-refractivity contribution < 1.29 is 9.53 Å². The summed E-state index contributed by atoms with van der Waals surface area (Å²) in [7, 11) is 0. The van der Waals surface area contributed by atoms with E-state index < -0.39 is 0 Å². The van der Waals surface area contributed by atoms with Gasteiger partial charge in [-0.05, 0) is 0 Å². The Morgan fingerprint density at radius 2 is 2.38 bits per heavy atom. The molecule has 2 heterocycles. The smallest absolute Gasteiger partial charge is 0.233 e. The molecule has 0 spiro atoms. The lowest BCUT2D eigenvalue weighted by molar-refractivity contribution is -0.132. The Morgan fingerprint density at radius 1 is 1.62 bits per heavy atom. The Kier molecular flexibility index (Phi) is 4.03. The van der Waals surface area contributed by atoms with Crippen LogP contribution in [0.4, 0.5) is 5.13 Å². The normalized spacial score (nSPS) is 16.4. The maximum absolute atomic E-state index is 11.8. The third-order valence-corrected chi connectivity index (χ3v) is 4.21. The maximum atomic E-state index is 11.8. The van der Waals surface area contributed by atoms with Crippen molar-refractivity contribution in [3.05, 3.63) is 6.20 Å². The molecule has 5 nitrogen and oxygen atoms in total. The van der Waals surface area contributed by atoms with Gasteiger partial charge >= 0.3 is 0 Å². The Bertz CT molecular complexity index is 363. The number of morpholine rings is 1. The highest BCUT2D eigenvalue weighted by atomic mass is 32.2. The topological polar surface area (TPSA) is 68.5 Å². The van der Waals surface area contributed by atoms with E-state index in [1.807, 2.05) is 4.90 Å². The minimum Gasteiger partial charge on any atom is -0.378 e. The summed E-state index contributed by atoms with van der Waals surface area (Å²) >= 11 is 2.90. The molecule has 16 heavy (non-hydrogen) atoms. The quantitative estimate of drug-likeness (QED) is 0.808. The van der Waals surface area contributed by atoms with Gasteiger partial charge in [0.05, 0.1) is 29.4 Å². The molecule has 2 rings (SSSR count). The highest BCUT2D eigenvalue weighted by Crippen LogP contribution is 2.26. The number of rotatable bonds is 3. The van der Waals surface area contributed by atoms with Crippen molar-refractivity contribution in [2.75, 3.05) is 37.8 Å². The van der Waals surface area contributed by atoms with Gasteiger partial charge in [-0.3, -0.25) is 4.79 Å². The summed E-state index contributed by atoms with van der Waals surface area (Å²) in [6, 6.07) is 0. The number of hydrogen-bond acceptors (Lipinski definition) is 6. The van der Waals surface area contributed by atoms with Crippen molar-refractivity contribution in [3.8, 4) is 0 Å². The first-order valence-corrected chi connectivity index (χ1v) is 6.75. The number of carbonyl (C=O) groups is 1. The summed E-state index contributed by atoms with van der Waals surface area (Å²) in [6.07, 6.45) is 1.71. The Balaban J connectivity index is 1.78. The average molecular weight is 259 g/mol. The van der Waals surface area contributed by atoms with Crippen LogP contribution in [0.3, 0.4) is 0 Å². The molecule has 0 radical (unpaired) electrons. The molecule has 2 N–H and O–H groups in total. The van der Waals surface area contributed by atoms with E-state index in [0.29, 0.717) is 37.2 Å². The standard InChI is InChI=1S/C9H13N3O2S2/c10-9-11-5-8(16-9)15-6-7(13)12-1-3-14-4-2-12/h5H,1-4,6H2,(H2,10,11). The van der Waals surface area contributed by atoms with Crippen molar-refractivity contribution in [1.29, 1.82) is 0 Å². The van der Waals surface area contributed by atoms with Gasteiger partial charge in [-0.15, -0.1) is 11.8 Å². The lowest BCUT2D eigenvalue weighted by atomic mass is 10.4. The molecule has 1 amide bonds. The predicted octanol–water partition coefficient (Wildman–Crippen LogP) is 0.676. The first-order valence-electron chi connectivity index (χ1n) is 4.95. The number of nitrogen functional groups attached to an aromatic ring is 1. The van der Waals surface area contributed by atoms with Crippen LogP contribution in [0.1, 0.15) is 0 Å². The molecular formula is C9H13N3O2S2. The van der Waals surface area contributed by atoms with Gasteiger partial charge in [0.25, 0.3) is 0 Å². The zero-order valence-corrected chi connectivity index (χ0v) is 10.4. The van der Waals surface area contributed by atoms with Crippen molar-refractivity contribution in [2.45, 2.75) is 4.21 Å². The second-order valence-corrected chi connectivity index (χ2v) is 5.64. The van der Waals surface area contributed by atoms with Crippen LogP contribution < -0.4 is 5.73 Å². The highest BCUT2D eigenvalue weighted by molar-refractivity contribution is 8.01. The van der Waals surface area contributed by atoms with E-state index in [2.05, 4.69) is 4.98 Å². The maximum Gasteiger partial charge on any atom is 0.233 e. The lowest BCUT2D eigenvalue weighted by Crippen LogP contribution is -2.41. The molecule has 1 aliphatic heterocycles. The second kappa shape index (κ2) is 5.51. The molecule has 0 unspecified atom stereocenters. The molecule has 0 saturated carbocycles. The number of anilines is 1. The molecule has 1 aromatic heterocycles. The van der Waals surface area contributed by atoms with Gasteiger partial charge in [0.1, 0.15) is 0 Å². The lowest BCUT2D eigenvalue weighted by Gasteiger charge is -2.26. The molecule has 0 atom stereocenters. The molecule has 0 bridgehead atoms. The van der Waals surface area contributed by atoms with Crippen molar-refractivity contribution in [3.63, 3.8) is 0 Å². The van der Waals surface area contributed by atoms with E-state index >= 15 is 0 Å². The number of nitrogens with two attached hydrogens (primary N) is 1. The van der Waals surface area contributed by atoms with Crippen LogP contribution in [0, 0.1) is 0 Å². The number of carbonyl (C=O) groups excluding carboxylic acids is 1. The van der Waals surface area contributed by atoms with Crippen molar-refractivity contribution in [2.24, 2.45) is 0 Å². The Hall–Kier alpha value is -0.790. The molecule has 7 heteroatoms. The van der Waals surface area contributed by atoms with Gasteiger partial charge in [-0.1, -0.05) is 11.3 Å². The molecule has 0 aromatic carbocycles. The monoisotopic (exact) mass is 259 g/mol. The van der Waals surface area contributed by atoms with E-state index in [0.717, 1.165) is 4.21 Å². The molecule has 1 fully saturated rings. The van der Waals surface area contributed by atoms with Crippen molar-refractivity contribution in [1.82, 2.24) is 9.88 Å². The van der Waals surface area contributed by atoms with E-state index in [1.54, 1.807) is 6.20 Å². The summed E-state index contributed by atoms with van der Waals surface area (Å²) in [5, 5.41) is 0.543. The van der Waals surface area contributed by atoms with Crippen LogP contribution in [-0.4, -0.2) is 47.8 Å². The van der Waals surface area contributed by atoms with Crippen LogP contribution in [0.15, 0.2) is 10.4 Å². The second-order valence-electron chi connectivity index (χ2n) is 3.30. The fourth-order valence-corrected chi connectivity index (χ4v) is 3.04. The Morgan fingerprint density at radius 3 is 3.00 bits per heavy atom. The molecule has 0 aliphatic carbocycles. The number of hydrogen-bond donors (Lipinski definition) is 1. The zero-order valence-electron chi connectivity index (χ0n) is 8.72. The van der Waals surface area contributed by atoms with Crippen LogP contribution in [0.25, 0.3) is 0 Å². The third kappa shape index (κ3) is 3.10. The predicted molar refractivity (Wildman–Crippen MR) is 64.6 cm³/mol. The van der Waals surface area contributed by atoms with Gasteiger partial charge in [-0.2, -0.15) is 0 Å². The average Bonchev–Trinajstić information content (AvgIpc) is 2.73. The summed E-state index contributed by atoms with van der Waals surface area (Å²) in [5.41, 5.74) is 5.51. The molecule has 1 aliphatic rings. The van der Waals surface area contributed by atoms with Gasteiger partial charge in [-0.25, -0.2) is 4.98 Å². The first kappa shape index (κ1) is 11.7. The number of aromatic nitrogens is 1. The van der Waals surface area contributed by atoms with Gasteiger partial charge in [0, 0.05) is 13.1 Å². The highest BCUT2D eigenvalue weighted by Gasteiger charge is 2.16. The number of thiazole rings is 1. The first-order chi connectivity index (χ1) is 7.75. The minimum absolute atomic E-state index is 0.153. The van der Waals surface area contributed by atoms with Gasteiger partial charge in [0.2, 0.25) is 5.91 Å². The van der Waals surface area contributed by atoms with Gasteiger partial charge in [0.15, 0.2) is 5.13 Å². The number of thioether (sulfide) groups is 1. The molecular weight excluding hydrogens is 246 g/mol. The van der Waals surface area contributed by atoms with E-state index in [4.69, 9.17) is 10.5 Å². The SMILES string of the molecule is Nc1ncc(SCC(=O)N2CCOCC2)s1. The van der Waals surface area contributed by atoms with Crippen LogP contribution in [0.5, 0.6) is 0 Å². The fraction of sp³-hybridized carbons (Fsp3) is 0.556. The van der Waals surface area contributed by atoms with Crippen LogP contribution in [-0.2, 0) is 9.53 Å². The molecule has 1 saturated heterocycles. The largest absolute Gasteiger partial charge is 0.378 e. The minimum atomic E-state index is 0.153.